The van der Waals surface area contributed by atoms with Crippen LogP contribution < -0.4 is 0 Å². The van der Waals surface area contributed by atoms with Gasteiger partial charge in [-0.2, -0.15) is 0 Å². The number of hydrogen-bond acceptors (Lipinski definition) is 5. The van der Waals surface area contributed by atoms with Gasteiger partial charge in [-0.1, -0.05) is 70.4 Å². The van der Waals surface area contributed by atoms with Gasteiger partial charge in [0.15, 0.2) is 0 Å². The van der Waals surface area contributed by atoms with Crippen LogP contribution in [0.5, 0.6) is 0 Å². The van der Waals surface area contributed by atoms with Crippen molar-refractivity contribution in [3.8, 4) is 0 Å². The number of rotatable bonds is 17. The maximum atomic E-state index is 10.0. The molecule has 0 amide bonds. The molecule has 1 rings (SSSR count). The van der Waals surface area contributed by atoms with Gasteiger partial charge >= 0.3 is 0 Å². The molecule has 3 N–H and O–H groups in total. The standard InChI is InChI=1S/C23H44O5/c1-2-3-4-5-6-7-8-9-10-11-12-13-14-15-16-17-27-23-20(25)19-28-21(18-24)22(23)26/h10-11,20-26H,2-9,12-19H2,1H3/b11-10+/t20-,21+,22+,23+/m1/s1. The highest BCUT2D eigenvalue weighted by Crippen LogP contribution is 2.19. The van der Waals surface area contributed by atoms with Crippen molar-refractivity contribution in [3.05, 3.63) is 12.2 Å². The number of aliphatic hydroxyl groups is 3. The predicted molar refractivity (Wildman–Crippen MR) is 113 cm³/mol. The lowest BCUT2D eigenvalue weighted by Crippen LogP contribution is -2.55. The molecular formula is C23H44O5. The SMILES string of the molecule is CCCCCCCCC/C=C/CCCCCCO[C@@H]1[C@@H](O)[C@H](CO)OC[C@H]1O. The minimum absolute atomic E-state index is 0.0954. The van der Waals surface area contributed by atoms with Crippen molar-refractivity contribution in [1.29, 1.82) is 0 Å². The predicted octanol–water partition coefficient (Wildman–Crippen LogP) is 4.13. The summed E-state index contributed by atoms with van der Waals surface area (Å²) in [4.78, 5) is 0. The third-order valence-corrected chi connectivity index (χ3v) is 5.47. The van der Waals surface area contributed by atoms with E-state index in [0.717, 1.165) is 19.3 Å². The summed E-state index contributed by atoms with van der Waals surface area (Å²) >= 11 is 0. The van der Waals surface area contributed by atoms with Crippen LogP contribution in [0.15, 0.2) is 12.2 Å². The smallest absolute Gasteiger partial charge is 0.114 e. The first-order chi connectivity index (χ1) is 13.7. The van der Waals surface area contributed by atoms with E-state index in [2.05, 4.69) is 19.1 Å². The minimum atomic E-state index is -0.977. The first-order valence-corrected chi connectivity index (χ1v) is 11.6. The monoisotopic (exact) mass is 400 g/mol. The third-order valence-electron chi connectivity index (χ3n) is 5.47. The van der Waals surface area contributed by atoms with Crippen molar-refractivity contribution in [2.45, 2.75) is 115 Å². The molecule has 0 bridgehead atoms. The van der Waals surface area contributed by atoms with Gasteiger partial charge in [-0.05, 0) is 32.1 Å². The molecule has 166 valence electrons. The highest BCUT2D eigenvalue weighted by Gasteiger charge is 2.38. The minimum Gasteiger partial charge on any atom is -0.394 e. The van der Waals surface area contributed by atoms with Crippen LogP contribution >= 0.6 is 0 Å². The fourth-order valence-corrected chi connectivity index (χ4v) is 3.62. The van der Waals surface area contributed by atoms with Gasteiger partial charge in [0.25, 0.3) is 0 Å². The highest BCUT2D eigenvalue weighted by molar-refractivity contribution is 4.87. The van der Waals surface area contributed by atoms with Crippen molar-refractivity contribution < 1.29 is 24.8 Å². The van der Waals surface area contributed by atoms with Crippen LogP contribution in [0.3, 0.4) is 0 Å². The quantitative estimate of drug-likeness (QED) is 0.253. The fraction of sp³-hybridized carbons (Fsp3) is 0.913. The number of ether oxygens (including phenoxy) is 2. The Bertz CT molecular complexity index is 374. The highest BCUT2D eigenvalue weighted by atomic mass is 16.6. The molecule has 5 nitrogen and oxygen atoms in total. The summed E-state index contributed by atoms with van der Waals surface area (Å²) < 4.78 is 10.8. The number of unbranched alkanes of at least 4 members (excludes halogenated alkanes) is 11. The van der Waals surface area contributed by atoms with Gasteiger partial charge in [0.05, 0.1) is 13.2 Å². The van der Waals surface area contributed by atoms with E-state index in [1.54, 1.807) is 0 Å². The summed E-state index contributed by atoms with van der Waals surface area (Å²) in [5.41, 5.74) is 0. The topological polar surface area (TPSA) is 79.2 Å². The second-order valence-corrected chi connectivity index (χ2v) is 8.03. The van der Waals surface area contributed by atoms with Gasteiger partial charge in [0.1, 0.15) is 24.4 Å². The lowest BCUT2D eigenvalue weighted by Gasteiger charge is -2.37. The molecule has 0 aliphatic carbocycles. The zero-order valence-corrected chi connectivity index (χ0v) is 17.9. The molecule has 0 unspecified atom stereocenters. The summed E-state index contributed by atoms with van der Waals surface area (Å²) in [5.74, 6) is 0. The van der Waals surface area contributed by atoms with Gasteiger partial charge in [-0.15, -0.1) is 0 Å². The van der Waals surface area contributed by atoms with Crippen molar-refractivity contribution in [1.82, 2.24) is 0 Å². The average molecular weight is 401 g/mol. The van der Waals surface area contributed by atoms with Crippen molar-refractivity contribution in [2.24, 2.45) is 0 Å². The Balaban J connectivity index is 1.90. The molecule has 1 aliphatic rings. The molecular weight excluding hydrogens is 356 g/mol. The Kier molecular flexibility index (Phi) is 15.9. The zero-order valence-electron chi connectivity index (χ0n) is 17.9. The average Bonchev–Trinajstić information content (AvgIpc) is 2.70. The molecule has 0 aromatic heterocycles. The van der Waals surface area contributed by atoms with Crippen molar-refractivity contribution in [3.63, 3.8) is 0 Å². The van der Waals surface area contributed by atoms with Crippen LogP contribution in [0.1, 0.15) is 90.4 Å². The van der Waals surface area contributed by atoms with Gasteiger partial charge in [0.2, 0.25) is 0 Å². The third kappa shape index (κ3) is 11.5. The first kappa shape index (κ1) is 25.6. The van der Waals surface area contributed by atoms with E-state index in [4.69, 9.17) is 14.6 Å². The lowest BCUT2D eigenvalue weighted by molar-refractivity contribution is -0.210. The van der Waals surface area contributed by atoms with Crippen molar-refractivity contribution in [2.75, 3.05) is 19.8 Å². The van der Waals surface area contributed by atoms with E-state index in [1.165, 1.54) is 64.2 Å². The van der Waals surface area contributed by atoms with E-state index >= 15 is 0 Å². The van der Waals surface area contributed by atoms with Crippen LogP contribution in [-0.4, -0.2) is 59.6 Å². The second kappa shape index (κ2) is 17.4. The van der Waals surface area contributed by atoms with Crippen molar-refractivity contribution >= 4 is 0 Å². The molecule has 0 radical (unpaired) electrons. The van der Waals surface area contributed by atoms with Gasteiger partial charge in [-0.25, -0.2) is 0 Å². The Hall–Kier alpha value is -0.460. The summed E-state index contributed by atoms with van der Waals surface area (Å²) in [6.07, 6.45) is 17.8. The number of allylic oxidation sites excluding steroid dienone is 2. The lowest BCUT2D eigenvalue weighted by atomic mass is 10.0. The normalized spacial score (nSPS) is 25.6. The molecule has 0 aromatic carbocycles. The molecule has 0 aromatic rings. The van der Waals surface area contributed by atoms with Gasteiger partial charge in [-0.3, -0.25) is 0 Å². The maximum absolute atomic E-state index is 10.0. The maximum Gasteiger partial charge on any atom is 0.114 e. The summed E-state index contributed by atoms with van der Waals surface area (Å²) in [7, 11) is 0. The molecule has 5 heteroatoms. The summed E-state index contributed by atoms with van der Waals surface area (Å²) in [6, 6.07) is 0. The molecule has 4 atom stereocenters. The Morgan fingerprint density at radius 3 is 2.04 bits per heavy atom. The Morgan fingerprint density at radius 1 is 0.857 bits per heavy atom. The van der Waals surface area contributed by atoms with E-state index < -0.39 is 24.4 Å². The molecule has 1 heterocycles. The molecule has 1 saturated heterocycles. The van der Waals surface area contributed by atoms with Gasteiger partial charge < -0.3 is 24.8 Å². The summed E-state index contributed by atoms with van der Waals surface area (Å²) in [5, 5.41) is 29.1. The van der Waals surface area contributed by atoms with Crippen LogP contribution in [-0.2, 0) is 9.47 Å². The zero-order chi connectivity index (χ0) is 20.5. The molecule has 28 heavy (non-hydrogen) atoms. The van der Waals surface area contributed by atoms with Crippen LogP contribution in [0.4, 0.5) is 0 Å². The van der Waals surface area contributed by atoms with Crippen LogP contribution in [0.25, 0.3) is 0 Å². The number of aliphatic hydroxyl groups excluding tert-OH is 3. The van der Waals surface area contributed by atoms with E-state index in [-0.39, 0.29) is 13.2 Å². The molecule has 1 fully saturated rings. The summed E-state index contributed by atoms with van der Waals surface area (Å²) in [6.45, 7) is 2.61. The molecule has 0 spiro atoms. The number of hydrogen-bond donors (Lipinski definition) is 3. The van der Waals surface area contributed by atoms with Gasteiger partial charge in [0, 0.05) is 6.61 Å². The van der Waals surface area contributed by atoms with E-state index in [0.29, 0.717) is 6.61 Å². The largest absolute Gasteiger partial charge is 0.394 e. The fourth-order valence-electron chi connectivity index (χ4n) is 3.62. The van der Waals surface area contributed by atoms with Crippen LogP contribution in [0, 0.1) is 0 Å². The Labute approximate surface area is 172 Å². The molecule has 0 saturated carbocycles. The first-order valence-electron chi connectivity index (χ1n) is 11.6. The van der Waals surface area contributed by atoms with E-state index in [1.807, 2.05) is 0 Å². The second-order valence-electron chi connectivity index (χ2n) is 8.03. The molecule has 1 aliphatic heterocycles. The van der Waals surface area contributed by atoms with Crippen LogP contribution in [0.2, 0.25) is 0 Å². The van der Waals surface area contributed by atoms with E-state index in [9.17, 15) is 10.2 Å². The Morgan fingerprint density at radius 2 is 1.43 bits per heavy atom.